The Morgan fingerprint density at radius 1 is 1.17 bits per heavy atom. The number of benzene rings is 1. The maximum Gasteiger partial charge on any atom is 0.319 e. The van der Waals surface area contributed by atoms with Gasteiger partial charge in [-0.15, -0.1) is 11.3 Å². The lowest BCUT2D eigenvalue weighted by atomic mass is 10.2. The first-order valence-corrected chi connectivity index (χ1v) is 8.25. The number of para-hydroxylation sites is 1. The zero-order chi connectivity index (χ0) is 16.1. The standard InChI is InChI=1S/C17H14ClN3OS/c18-14-4-1-2-5-15(14)21-17(22)20-10-12-8-13(11-19-9-12)16-6-3-7-23-16/h1-9,11H,10H2,(H2,20,21,22). The molecule has 1 aromatic carbocycles. The largest absolute Gasteiger partial charge is 0.334 e. The van der Waals surface area contributed by atoms with Crippen LogP contribution in [0, 0.1) is 0 Å². The average Bonchev–Trinajstić information content (AvgIpc) is 3.10. The normalized spacial score (nSPS) is 10.3. The minimum Gasteiger partial charge on any atom is -0.334 e. The third-order valence-electron chi connectivity index (χ3n) is 3.18. The van der Waals surface area contributed by atoms with Crippen LogP contribution in [0.5, 0.6) is 0 Å². The number of thiophene rings is 1. The number of aromatic nitrogens is 1. The second-order valence-corrected chi connectivity index (χ2v) is 6.20. The molecule has 116 valence electrons. The number of nitrogens with zero attached hydrogens (tertiary/aromatic N) is 1. The van der Waals surface area contributed by atoms with Gasteiger partial charge in [0.15, 0.2) is 0 Å². The van der Waals surface area contributed by atoms with E-state index < -0.39 is 0 Å². The number of amides is 2. The molecule has 2 aromatic heterocycles. The van der Waals surface area contributed by atoms with Gasteiger partial charge in [0.05, 0.1) is 10.7 Å². The Morgan fingerprint density at radius 3 is 2.83 bits per heavy atom. The minimum absolute atomic E-state index is 0.306. The van der Waals surface area contributed by atoms with Gasteiger partial charge in [0.2, 0.25) is 0 Å². The van der Waals surface area contributed by atoms with Gasteiger partial charge in [0, 0.05) is 29.4 Å². The summed E-state index contributed by atoms with van der Waals surface area (Å²) >= 11 is 7.67. The van der Waals surface area contributed by atoms with Crippen molar-refractivity contribution in [3.63, 3.8) is 0 Å². The fraction of sp³-hybridized carbons (Fsp3) is 0.0588. The summed E-state index contributed by atoms with van der Waals surface area (Å²) in [5, 5.41) is 8.05. The van der Waals surface area contributed by atoms with E-state index in [1.807, 2.05) is 41.9 Å². The fourth-order valence-electron chi connectivity index (χ4n) is 2.07. The summed E-state index contributed by atoms with van der Waals surface area (Å²) in [6, 6.07) is 12.9. The van der Waals surface area contributed by atoms with Gasteiger partial charge >= 0.3 is 6.03 Å². The highest BCUT2D eigenvalue weighted by Gasteiger charge is 2.06. The molecule has 3 rings (SSSR count). The molecule has 0 unspecified atom stereocenters. The molecule has 0 fully saturated rings. The first kappa shape index (κ1) is 15.5. The Bertz CT molecular complexity index is 805. The quantitative estimate of drug-likeness (QED) is 0.716. The summed E-state index contributed by atoms with van der Waals surface area (Å²) in [6.07, 6.45) is 3.56. The number of urea groups is 1. The average molecular weight is 344 g/mol. The van der Waals surface area contributed by atoms with Gasteiger partial charge in [-0.25, -0.2) is 4.79 Å². The molecule has 4 nitrogen and oxygen atoms in total. The van der Waals surface area contributed by atoms with Gasteiger partial charge in [-0.05, 0) is 35.2 Å². The molecule has 3 aromatic rings. The lowest BCUT2D eigenvalue weighted by Gasteiger charge is -2.09. The van der Waals surface area contributed by atoms with Gasteiger partial charge in [-0.2, -0.15) is 0 Å². The molecule has 0 radical (unpaired) electrons. The molecule has 0 aliphatic rings. The van der Waals surface area contributed by atoms with Crippen LogP contribution in [0.15, 0.2) is 60.2 Å². The van der Waals surface area contributed by atoms with Crippen LogP contribution < -0.4 is 10.6 Å². The Labute approximate surface area is 143 Å². The van der Waals surface area contributed by atoms with Crippen molar-refractivity contribution < 1.29 is 4.79 Å². The van der Waals surface area contributed by atoms with E-state index in [-0.39, 0.29) is 6.03 Å². The fourth-order valence-corrected chi connectivity index (χ4v) is 2.96. The molecule has 2 amide bonds. The van der Waals surface area contributed by atoms with Crippen LogP contribution in [0.3, 0.4) is 0 Å². The van der Waals surface area contributed by atoms with Crippen molar-refractivity contribution in [2.75, 3.05) is 5.32 Å². The van der Waals surface area contributed by atoms with Crippen molar-refractivity contribution in [3.8, 4) is 10.4 Å². The maximum atomic E-state index is 12.0. The van der Waals surface area contributed by atoms with Crippen LogP contribution in [0.2, 0.25) is 5.02 Å². The smallest absolute Gasteiger partial charge is 0.319 e. The van der Waals surface area contributed by atoms with E-state index in [0.717, 1.165) is 16.0 Å². The van der Waals surface area contributed by atoms with Gasteiger partial charge in [-0.1, -0.05) is 29.8 Å². The highest BCUT2D eigenvalue weighted by molar-refractivity contribution is 7.13. The second-order valence-electron chi connectivity index (χ2n) is 4.85. The van der Waals surface area contributed by atoms with Crippen LogP contribution in [0.1, 0.15) is 5.56 Å². The SMILES string of the molecule is O=C(NCc1cncc(-c2cccs2)c1)Nc1ccccc1Cl. The Morgan fingerprint density at radius 2 is 2.04 bits per heavy atom. The molecule has 0 aliphatic heterocycles. The lowest BCUT2D eigenvalue weighted by molar-refractivity contribution is 0.251. The van der Waals surface area contributed by atoms with E-state index in [4.69, 9.17) is 11.6 Å². The van der Waals surface area contributed by atoms with Gasteiger partial charge in [0.1, 0.15) is 0 Å². The lowest BCUT2D eigenvalue weighted by Crippen LogP contribution is -2.28. The van der Waals surface area contributed by atoms with E-state index in [2.05, 4.69) is 15.6 Å². The van der Waals surface area contributed by atoms with Crippen LogP contribution in [0.25, 0.3) is 10.4 Å². The molecule has 0 bridgehead atoms. The monoisotopic (exact) mass is 343 g/mol. The highest BCUT2D eigenvalue weighted by Crippen LogP contribution is 2.24. The molecule has 0 aliphatic carbocycles. The molecule has 2 N–H and O–H groups in total. The van der Waals surface area contributed by atoms with Crippen LogP contribution in [-0.2, 0) is 6.54 Å². The van der Waals surface area contributed by atoms with Crippen molar-refractivity contribution in [2.24, 2.45) is 0 Å². The van der Waals surface area contributed by atoms with E-state index in [9.17, 15) is 4.79 Å². The molecule has 0 spiro atoms. The number of carbonyl (C=O) groups excluding carboxylic acids is 1. The summed E-state index contributed by atoms with van der Waals surface area (Å²) < 4.78 is 0. The topological polar surface area (TPSA) is 54.0 Å². The molecule has 2 heterocycles. The predicted octanol–water partition coefficient (Wildman–Crippen LogP) is 4.79. The van der Waals surface area contributed by atoms with E-state index in [1.165, 1.54) is 0 Å². The third kappa shape index (κ3) is 4.09. The number of halogens is 1. The number of rotatable bonds is 4. The molecular formula is C17H14ClN3OS. The van der Waals surface area contributed by atoms with Crippen molar-refractivity contribution >= 4 is 34.7 Å². The molecule has 0 atom stereocenters. The summed E-state index contributed by atoms with van der Waals surface area (Å²) in [5.41, 5.74) is 2.56. The Balaban J connectivity index is 1.61. The van der Waals surface area contributed by atoms with E-state index >= 15 is 0 Å². The van der Waals surface area contributed by atoms with Gasteiger partial charge in [0.25, 0.3) is 0 Å². The second kappa shape index (κ2) is 7.26. The Kier molecular flexibility index (Phi) is 4.90. The van der Waals surface area contributed by atoms with Crippen LogP contribution >= 0.6 is 22.9 Å². The number of hydrogen-bond donors (Lipinski definition) is 2. The molecule has 6 heteroatoms. The first-order chi connectivity index (χ1) is 11.2. The summed E-state index contributed by atoms with van der Waals surface area (Å²) in [6.45, 7) is 0.391. The van der Waals surface area contributed by atoms with Gasteiger partial charge < -0.3 is 10.6 Å². The van der Waals surface area contributed by atoms with Crippen molar-refractivity contribution in [2.45, 2.75) is 6.54 Å². The molecule has 0 saturated heterocycles. The minimum atomic E-state index is -0.306. The number of nitrogens with one attached hydrogen (secondary N) is 2. The number of hydrogen-bond acceptors (Lipinski definition) is 3. The third-order valence-corrected chi connectivity index (χ3v) is 4.42. The van der Waals surface area contributed by atoms with Crippen LogP contribution in [-0.4, -0.2) is 11.0 Å². The highest BCUT2D eigenvalue weighted by atomic mass is 35.5. The van der Waals surface area contributed by atoms with E-state index in [0.29, 0.717) is 17.3 Å². The van der Waals surface area contributed by atoms with Crippen LogP contribution in [0.4, 0.5) is 10.5 Å². The molecular weight excluding hydrogens is 330 g/mol. The van der Waals surface area contributed by atoms with Gasteiger partial charge in [-0.3, -0.25) is 4.98 Å². The molecule has 0 saturated carbocycles. The van der Waals surface area contributed by atoms with Crippen molar-refractivity contribution in [3.05, 3.63) is 70.8 Å². The summed E-state index contributed by atoms with van der Waals surface area (Å²) in [4.78, 5) is 17.3. The summed E-state index contributed by atoms with van der Waals surface area (Å²) in [7, 11) is 0. The molecule has 23 heavy (non-hydrogen) atoms. The number of anilines is 1. The predicted molar refractivity (Wildman–Crippen MR) is 94.9 cm³/mol. The Hall–Kier alpha value is -2.37. The van der Waals surface area contributed by atoms with E-state index in [1.54, 1.807) is 29.7 Å². The maximum absolute atomic E-state index is 12.0. The zero-order valence-electron chi connectivity index (χ0n) is 12.1. The first-order valence-electron chi connectivity index (χ1n) is 6.99. The number of carbonyl (C=O) groups is 1. The zero-order valence-corrected chi connectivity index (χ0v) is 13.7. The van der Waals surface area contributed by atoms with Crippen molar-refractivity contribution in [1.82, 2.24) is 10.3 Å². The van der Waals surface area contributed by atoms with Crippen molar-refractivity contribution in [1.29, 1.82) is 0 Å². The number of pyridine rings is 1. The summed E-state index contributed by atoms with van der Waals surface area (Å²) in [5.74, 6) is 0.